The SMILES string of the molecule is C[C@H](OC(=O)[C@H]1CS[C@@]2(C)CCC(=O)N12)C(=O)N1CCN(c2ccccc2)CC1. The zero-order valence-corrected chi connectivity index (χ0v) is 17.7. The van der Waals surface area contributed by atoms with Crippen LogP contribution >= 0.6 is 11.8 Å². The van der Waals surface area contributed by atoms with E-state index in [2.05, 4.69) is 17.0 Å². The minimum Gasteiger partial charge on any atom is -0.451 e. The van der Waals surface area contributed by atoms with Gasteiger partial charge in [-0.05, 0) is 32.4 Å². The summed E-state index contributed by atoms with van der Waals surface area (Å²) in [6, 6.07) is 9.53. The smallest absolute Gasteiger partial charge is 0.330 e. The molecule has 3 fully saturated rings. The predicted octanol–water partition coefficient (Wildman–Crippen LogP) is 1.72. The number of anilines is 1. The fourth-order valence-corrected chi connectivity index (χ4v) is 5.80. The Morgan fingerprint density at radius 3 is 2.55 bits per heavy atom. The summed E-state index contributed by atoms with van der Waals surface area (Å²) in [5, 5.41) is 0. The molecule has 0 aliphatic carbocycles. The fraction of sp³-hybridized carbons (Fsp3) is 0.571. The lowest BCUT2D eigenvalue weighted by atomic mass is 10.2. The van der Waals surface area contributed by atoms with Crippen LogP contribution in [0.15, 0.2) is 30.3 Å². The molecule has 0 N–H and O–H groups in total. The number of carbonyl (C=O) groups is 3. The van der Waals surface area contributed by atoms with E-state index in [0.717, 1.165) is 25.2 Å². The number of thioether (sulfide) groups is 1. The van der Waals surface area contributed by atoms with Crippen LogP contribution in [0.1, 0.15) is 26.7 Å². The quantitative estimate of drug-likeness (QED) is 0.695. The molecule has 7 nitrogen and oxygen atoms in total. The number of para-hydroxylation sites is 1. The van der Waals surface area contributed by atoms with Gasteiger partial charge >= 0.3 is 5.97 Å². The highest BCUT2D eigenvalue weighted by Gasteiger charge is 2.53. The normalized spacial score (nSPS) is 27.7. The van der Waals surface area contributed by atoms with Crippen molar-refractivity contribution in [3.63, 3.8) is 0 Å². The van der Waals surface area contributed by atoms with Crippen LogP contribution < -0.4 is 4.90 Å². The minimum absolute atomic E-state index is 0.00420. The topological polar surface area (TPSA) is 70.2 Å². The van der Waals surface area contributed by atoms with Crippen molar-refractivity contribution in [3.8, 4) is 0 Å². The summed E-state index contributed by atoms with van der Waals surface area (Å²) < 4.78 is 5.51. The van der Waals surface area contributed by atoms with E-state index in [1.165, 1.54) is 0 Å². The molecular formula is C21H27N3O4S. The number of piperazine rings is 1. The number of rotatable bonds is 4. The number of hydrogen-bond acceptors (Lipinski definition) is 6. The number of carbonyl (C=O) groups excluding carboxylic acids is 3. The molecular weight excluding hydrogens is 390 g/mol. The monoisotopic (exact) mass is 417 g/mol. The minimum atomic E-state index is -0.847. The molecule has 4 rings (SSSR count). The second-order valence-electron chi connectivity index (χ2n) is 7.99. The second-order valence-corrected chi connectivity index (χ2v) is 9.49. The van der Waals surface area contributed by atoms with Gasteiger partial charge in [-0.3, -0.25) is 9.59 Å². The van der Waals surface area contributed by atoms with Gasteiger partial charge in [-0.2, -0.15) is 0 Å². The van der Waals surface area contributed by atoms with Gasteiger partial charge in [0.05, 0.1) is 4.87 Å². The third-order valence-corrected chi connectivity index (χ3v) is 7.58. The third kappa shape index (κ3) is 3.82. The first kappa shape index (κ1) is 20.1. The molecule has 3 aliphatic rings. The van der Waals surface area contributed by atoms with Crippen LogP contribution in [-0.4, -0.2) is 76.5 Å². The molecule has 29 heavy (non-hydrogen) atoms. The number of benzene rings is 1. The molecule has 2 amide bonds. The Bertz CT molecular complexity index is 796. The summed E-state index contributed by atoms with van der Waals surface area (Å²) in [5.74, 6) is -0.125. The molecule has 1 aromatic rings. The number of hydrogen-bond donors (Lipinski definition) is 0. The average Bonchev–Trinajstić information content (AvgIpc) is 3.24. The van der Waals surface area contributed by atoms with E-state index in [1.54, 1.807) is 28.5 Å². The van der Waals surface area contributed by atoms with Crippen molar-refractivity contribution in [2.45, 2.75) is 43.7 Å². The molecule has 3 atom stereocenters. The summed E-state index contributed by atoms with van der Waals surface area (Å²) in [5.41, 5.74) is 1.15. The summed E-state index contributed by atoms with van der Waals surface area (Å²) >= 11 is 1.62. The first-order chi connectivity index (χ1) is 13.9. The van der Waals surface area contributed by atoms with Gasteiger partial charge in [-0.25, -0.2) is 4.79 Å². The number of esters is 1. The zero-order valence-electron chi connectivity index (χ0n) is 16.9. The maximum atomic E-state index is 12.8. The molecule has 8 heteroatoms. The molecule has 3 aliphatic heterocycles. The fourth-order valence-electron chi connectivity index (χ4n) is 4.38. The average molecular weight is 418 g/mol. The van der Waals surface area contributed by atoms with Crippen molar-refractivity contribution < 1.29 is 19.1 Å². The highest BCUT2D eigenvalue weighted by atomic mass is 32.2. The second kappa shape index (κ2) is 7.89. The molecule has 1 aromatic carbocycles. The number of nitrogens with zero attached hydrogens (tertiary/aromatic N) is 3. The Kier molecular flexibility index (Phi) is 5.46. The lowest BCUT2D eigenvalue weighted by molar-refractivity contribution is -0.164. The predicted molar refractivity (Wildman–Crippen MR) is 112 cm³/mol. The summed E-state index contributed by atoms with van der Waals surface area (Å²) in [7, 11) is 0. The zero-order chi connectivity index (χ0) is 20.6. The molecule has 0 saturated carbocycles. The van der Waals surface area contributed by atoms with Crippen LogP contribution in [0.3, 0.4) is 0 Å². The molecule has 0 radical (unpaired) electrons. The van der Waals surface area contributed by atoms with E-state index in [-0.39, 0.29) is 16.7 Å². The maximum absolute atomic E-state index is 12.8. The third-order valence-electron chi connectivity index (χ3n) is 6.07. The number of amides is 2. The molecule has 3 saturated heterocycles. The summed E-state index contributed by atoms with van der Waals surface area (Å²) in [4.78, 5) is 43.1. The Morgan fingerprint density at radius 1 is 1.17 bits per heavy atom. The van der Waals surface area contributed by atoms with Crippen molar-refractivity contribution in [3.05, 3.63) is 30.3 Å². The van der Waals surface area contributed by atoms with Gasteiger partial charge in [0, 0.05) is 44.0 Å². The maximum Gasteiger partial charge on any atom is 0.330 e. The largest absolute Gasteiger partial charge is 0.451 e. The Labute approximate surface area is 175 Å². The van der Waals surface area contributed by atoms with Gasteiger partial charge in [-0.15, -0.1) is 11.8 Å². The first-order valence-electron chi connectivity index (χ1n) is 10.1. The van der Waals surface area contributed by atoms with Crippen LogP contribution in [-0.2, 0) is 19.1 Å². The van der Waals surface area contributed by atoms with E-state index in [4.69, 9.17) is 4.74 Å². The van der Waals surface area contributed by atoms with Crippen molar-refractivity contribution in [1.82, 2.24) is 9.80 Å². The molecule has 0 aromatic heterocycles. The van der Waals surface area contributed by atoms with Crippen LogP contribution in [0.2, 0.25) is 0 Å². The lowest BCUT2D eigenvalue weighted by Gasteiger charge is -2.37. The van der Waals surface area contributed by atoms with Gasteiger partial charge in [0.1, 0.15) is 6.04 Å². The van der Waals surface area contributed by atoms with E-state index in [1.807, 2.05) is 25.1 Å². The van der Waals surface area contributed by atoms with Crippen LogP contribution in [0.5, 0.6) is 0 Å². The van der Waals surface area contributed by atoms with E-state index < -0.39 is 18.1 Å². The molecule has 0 bridgehead atoms. The highest BCUT2D eigenvalue weighted by molar-refractivity contribution is 8.01. The molecule has 0 unspecified atom stereocenters. The van der Waals surface area contributed by atoms with Gasteiger partial charge in [0.2, 0.25) is 5.91 Å². The van der Waals surface area contributed by atoms with Gasteiger partial charge in [0.15, 0.2) is 6.10 Å². The van der Waals surface area contributed by atoms with E-state index in [0.29, 0.717) is 25.3 Å². The Hall–Kier alpha value is -2.22. The summed E-state index contributed by atoms with van der Waals surface area (Å²) in [6.07, 6.45) is 0.369. The van der Waals surface area contributed by atoms with Gasteiger partial charge in [-0.1, -0.05) is 18.2 Å². The molecule has 3 heterocycles. The number of fused-ring (bicyclic) bond motifs is 1. The van der Waals surface area contributed by atoms with Crippen LogP contribution in [0.4, 0.5) is 5.69 Å². The van der Waals surface area contributed by atoms with E-state index >= 15 is 0 Å². The summed E-state index contributed by atoms with van der Waals surface area (Å²) in [6.45, 7) is 6.30. The van der Waals surface area contributed by atoms with Crippen molar-refractivity contribution in [2.24, 2.45) is 0 Å². The molecule has 0 spiro atoms. The van der Waals surface area contributed by atoms with Gasteiger partial charge < -0.3 is 19.4 Å². The highest BCUT2D eigenvalue weighted by Crippen LogP contribution is 2.47. The lowest BCUT2D eigenvalue weighted by Crippen LogP contribution is -2.53. The molecule has 156 valence electrons. The van der Waals surface area contributed by atoms with Crippen molar-refractivity contribution in [1.29, 1.82) is 0 Å². The Balaban J connectivity index is 1.31. The Morgan fingerprint density at radius 2 is 1.86 bits per heavy atom. The number of ether oxygens (including phenoxy) is 1. The van der Waals surface area contributed by atoms with Crippen LogP contribution in [0, 0.1) is 0 Å². The first-order valence-corrected chi connectivity index (χ1v) is 11.1. The van der Waals surface area contributed by atoms with Crippen molar-refractivity contribution in [2.75, 3.05) is 36.8 Å². The van der Waals surface area contributed by atoms with Crippen molar-refractivity contribution >= 4 is 35.2 Å². The van der Waals surface area contributed by atoms with Gasteiger partial charge in [0.25, 0.3) is 5.91 Å². The van der Waals surface area contributed by atoms with E-state index in [9.17, 15) is 14.4 Å². The standard InChI is InChI=1S/C21H27N3O4S/c1-15(28-20(27)17-14-29-21(2)9-8-18(25)24(17)21)19(26)23-12-10-22(11-13-23)16-6-4-3-5-7-16/h3-7,15,17H,8-14H2,1-2H3/t15-,17+,21-/m0/s1. The van der Waals surface area contributed by atoms with Crippen LogP contribution in [0.25, 0.3) is 0 Å².